The molecular formula is C12H11BrFN3. The molecule has 0 radical (unpaired) electrons. The Balaban J connectivity index is 2.09. The average Bonchev–Trinajstić information content (AvgIpc) is 2.80. The van der Waals surface area contributed by atoms with Crippen molar-refractivity contribution < 1.29 is 4.39 Å². The minimum Gasteiger partial charge on any atom is -0.348 e. The third kappa shape index (κ3) is 1.89. The van der Waals surface area contributed by atoms with E-state index in [1.807, 2.05) is 0 Å². The van der Waals surface area contributed by atoms with Gasteiger partial charge in [-0.05, 0) is 18.2 Å². The molecule has 1 aromatic heterocycles. The fourth-order valence-electron chi connectivity index (χ4n) is 2.21. The highest BCUT2D eigenvalue weighted by Crippen LogP contribution is 2.29. The Morgan fingerprint density at radius 3 is 3.18 bits per heavy atom. The maximum Gasteiger partial charge on any atom is 0.128 e. The van der Waals surface area contributed by atoms with Crippen LogP contribution in [-0.2, 0) is 6.42 Å². The third-order valence-electron chi connectivity index (χ3n) is 3.02. The molecule has 0 amide bonds. The van der Waals surface area contributed by atoms with Gasteiger partial charge in [-0.15, -0.1) is 0 Å². The summed E-state index contributed by atoms with van der Waals surface area (Å²) in [5.41, 5.74) is 2.62. The van der Waals surface area contributed by atoms with Crippen LogP contribution in [0.25, 0.3) is 0 Å². The summed E-state index contributed by atoms with van der Waals surface area (Å²) in [5.74, 6) is -0.207. The quantitative estimate of drug-likeness (QED) is 0.849. The number of hydrogen-bond acceptors (Lipinski definition) is 2. The van der Waals surface area contributed by atoms with Crippen LogP contribution in [0, 0.1) is 5.82 Å². The molecule has 0 fully saturated rings. The van der Waals surface area contributed by atoms with Crippen molar-refractivity contribution in [3.63, 3.8) is 0 Å². The molecule has 0 aliphatic carbocycles. The minimum absolute atomic E-state index is 0.164. The molecule has 1 aromatic carbocycles. The van der Waals surface area contributed by atoms with Gasteiger partial charge in [0.05, 0.1) is 18.1 Å². The second-order valence-corrected chi connectivity index (χ2v) is 4.98. The van der Waals surface area contributed by atoms with Crippen LogP contribution in [-0.4, -0.2) is 16.5 Å². The number of nitrogens with zero attached hydrogens (tertiary/aromatic N) is 1. The summed E-state index contributed by atoms with van der Waals surface area (Å²) < 4.78 is 14.7. The second-order valence-electron chi connectivity index (χ2n) is 4.07. The van der Waals surface area contributed by atoms with E-state index in [2.05, 4.69) is 31.2 Å². The predicted molar refractivity (Wildman–Crippen MR) is 66.2 cm³/mol. The summed E-state index contributed by atoms with van der Waals surface area (Å²) in [6, 6.07) is 4.81. The SMILES string of the molecule is Fc1ccc(Br)cc1[C@H]1NCCc2[nH]cnc21. The van der Waals surface area contributed by atoms with Crippen molar-refractivity contribution in [1.29, 1.82) is 0 Å². The van der Waals surface area contributed by atoms with E-state index < -0.39 is 0 Å². The summed E-state index contributed by atoms with van der Waals surface area (Å²) in [6.45, 7) is 0.825. The zero-order valence-corrected chi connectivity index (χ0v) is 10.6. The number of fused-ring (bicyclic) bond motifs is 1. The van der Waals surface area contributed by atoms with Crippen LogP contribution in [0.15, 0.2) is 29.0 Å². The van der Waals surface area contributed by atoms with Crippen LogP contribution in [0.2, 0.25) is 0 Å². The molecule has 2 heterocycles. The first-order valence-corrected chi connectivity index (χ1v) is 6.25. The van der Waals surface area contributed by atoms with E-state index in [0.717, 1.165) is 28.8 Å². The highest BCUT2D eigenvalue weighted by molar-refractivity contribution is 9.10. The standard InChI is InChI=1S/C12H11BrFN3/c13-7-1-2-9(14)8(5-7)11-12-10(3-4-15-11)16-6-17-12/h1-2,5-6,11,15H,3-4H2,(H,16,17)/t11-/m1/s1. The topological polar surface area (TPSA) is 40.7 Å². The van der Waals surface area contributed by atoms with E-state index in [9.17, 15) is 4.39 Å². The van der Waals surface area contributed by atoms with Gasteiger partial charge >= 0.3 is 0 Å². The Hall–Kier alpha value is -1.20. The first-order valence-electron chi connectivity index (χ1n) is 5.46. The number of hydrogen-bond donors (Lipinski definition) is 2. The normalized spacial score (nSPS) is 19.1. The number of halogens is 2. The molecule has 17 heavy (non-hydrogen) atoms. The summed E-state index contributed by atoms with van der Waals surface area (Å²) in [7, 11) is 0. The van der Waals surface area contributed by atoms with E-state index in [1.165, 1.54) is 6.07 Å². The molecule has 2 N–H and O–H groups in total. The number of benzene rings is 1. The van der Waals surface area contributed by atoms with Crippen molar-refractivity contribution in [2.24, 2.45) is 0 Å². The van der Waals surface area contributed by atoms with Gasteiger partial charge in [-0.2, -0.15) is 0 Å². The van der Waals surface area contributed by atoms with E-state index in [0.29, 0.717) is 5.56 Å². The molecule has 1 aliphatic rings. The Morgan fingerprint density at radius 2 is 2.29 bits per heavy atom. The Morgan fingerprint density at radius 1 is 1.41 bits per heavy atom. The number of aromatic nitrogens is 2. The average molecular weight is 296 g/mol. The van der Waals surface area contributed by atoms with E-state index in [-0.39, 0.29) is 11.9 Å². The fraction of sp³-hybridized carbons (Fsp3) is 0.250. The fourth-order valence-corrected chi connectivity index (χ4v) is 2.59. The third-order valence-corrected chi connectivity index (χ3v) is 3.51. The molecule has 0 spiro atoms. The maximum absolute atomic E-state index is 13.9. The molecule has 0 saturated carbocycles. The maximum atomic E-state index is 13.9. The Labute approximate surface area is 107 Å². The van der Waals surface area contributed by atoms with Crippen LogP contribution in [0.4, 0.5) is 4.39 Å². The molecule has 0 saturated heterocycles. The lowest BCUT2D eigenvalue weighted by molar-refractivity contribution is 0.518. The molecule has 2 aromatic rings. The van der Waals surface area contributed by atoms with Gasteiger partial charge in [0.25, 0.3) is 0 Å². The van der Waals surface area contributed by atoms with Gasteiger partial charge in [-0.1, -0.05) is 15.9 Å². The van der Waals surface area contributed by atoms with Crippen molar-refractivity contribution in [1.82, 2.24) is 15.3 Å². The van der Waals surface area contributed by atoms with E-state index in [4.69, 9.17) is 0 Å². The first kappa shape index (κ1) is 10.9. The molecule has 0 bridgehead atoms. The van der Waals surface area contributed by atoms with Crippen LogP contribution in [0.3, 0.4) is 0 Å². The van der Waals surface area contributed by atoms with Gasteiger partial charge in [-0.25, -0.2) is 9.37 Å². The van der Waals surface area contributed by atoms with Crippen molar-refractivity contribution >= 4 is 15.9 Å². The zero-order chi connectivity index (χ0) is 11.8. The molecule has 1 atom stereocenters. The number of H-pyrrole nitrogens is 1. The van der Waals surface area contributed by atoms with Gasteiger partial charge in [0.1, 0.15) is 5.82 Å². The summed E-state index contributed by atoms with van der Waals surface area (Å²) >= 11 is 3.37. The number of nitrogens with one attached hydrogen (secondary N) is 2. The molecule has 3 nitrogen and oxygen atoms in total. The summed E-state index contributed by atoms with van der Waals surface area (Å²) in [4.78, 5) is 7.39. The van der Waals surface area contributed by atoms with Gasteiger partial charge in [0, 0.05) is 28.7 Å². The van der Waals surface area contributed by atoms with E-state index >= 15 is 0 Å². The number of imidazole rings is 1. The lowest BCUT2D eigenvalue weighted by Gasteiger charge is -2.23. The zero-order valence-electron chi connectivity index (χ0n) is 9.00. The molecule has 1 aliphatic heterocycles. The monoisotopic (exact) mass is 295 g/mol. The van der Waals surface area contributed by atoms with Gasteiger partial charge in [0.2, 0.25) is 0 Å². The van der Waals surface area contributed by atoms with Crippen LogP contribution in [0.5, 0.6) is 0 Å². The molecule has 5 heteroatoms. The van der Waals surface area contributed by atoms with Crippen molar-refractivity contribution in [2.75, 3.05) is 6.54 Å². The smallest absolute Gasteiger partial charge is 0.128 e. The second kappa shape index (κ2) is 4.23. The highest BCUT2D eigenvalue weighted by Gasteiger charge is 2.25. The van der Waals surface area contributed by atoms with Gasteiger partial charge < -0.3 is 10.3 Å². The summed E-state index contributed by atoms with van der Waals surface area (Å²) in [6.07, 6.45) is 2.57. The Bertz CT molecular complexity index is 552. The lowest BCUT2D eigenvalue weighted by Crippen LogP contribution is -2.31. The minimum atomic E-state index is -0.207. The number of rotatable bonds is 1. The molecule has 88 valence electrons. The highest BCUT2D eigenvalue weighted by atomic mass is 79.9. The van der Waals surface area contributed by atoms with Gasteiger partial charge in [0.15, 0.2) is 0 Å². The predicted octanol–water partition coefficient (Wildman–Crippen LogP) is 2.55. The Kier molecular flexibility index (Phi) is 2.72. The van der Waals surface area contributed by atoms with Gasteiger partial charge in [-0.3, -0.25) is 0 Å². The van der Waals surface area contributed by atoms with Crippen LogP contribution >= 0.6 is 15.9 Å². The molecule has 3 rings (SSSR count). The van der Waals surface area contributed by atoms with Crippen molar-refractivity contribution in [3.05, 3.63) is 51.8 Å². The lowest BCUT2D eigenvalue weighted by atomic mass is 9.98. The first-order chi connectivity index (χ1) is 8.25. The number of aromatic amines is 1. The van der Waals surface area contributed by atoms with E-state index in [1.54, 1.807) is 18.5 Å². The van der Waals surface area contributed by atoms with Crippen molar-refractivity contribution in [2.45, 2.75) is 12.5 Å². The summed E-state index contributed by atoms with van der Waals surface area (Å²) in [5, 5.41) is 3.30. The largest absolute Gasteiger partial charge is 0.348 e. The molecular weight excluding hydrogens is 285 g/mol. The van der Waals surface area contributed by atoms with Crippen LogP contribution < -0.4 is 5.32 Å². The van der Waals surface area contributed by atoms with Crippen LogP contribution in [0.1, 0.15) is 23.0 Å². The molecule has 0 unspecified atom stereocenters. The van der Waals surface area contributed by atoms with Crippen molar-refractivity contribution in [3.8, 4) is 0 Å².